The molecule has 3 nitrogen and oxygen atoms in total. The summed E-state index contributed by atoms with van der Waals surface area (Å²) < 4.78 is 37.2. The molecule has 0 aromatic rings. The Balaban J connectivity index is 1.99. The maximum Gasteiger partial charge on any atom is 0.391 e. The zero-order chi connectivity index (χ0) is 10.3. The molecule has 0 amide bonds. The van der Waals surface area contributed by atoms with Crippen LogP contribution in [0.1, 0.15) is 19.3 Å². The van der Waals surface area contributed by atoms with E-state index in [4.69, 9.17) is 5.73 Å². The van der Waals surface area contributed by atoms with E-state index in [9.17, 15) is 13.2 Å². The Hall–Kier alpha value is -0.330. The van der Waals surface area contributed by atoms with Gasteiger partial charge >= 0.3 is 6.18 Å². The van der Waals surface area contributed by atoms with Gasteiger partial charge in [-0.05, 0) is 19.3 Å². The third kappa shape index (κ3) is 1.74. The summed E-state index contributed by atoms with van der Waals surface area (Å²) in [5.74, 6) is -1.02. The molecule has 4 N–H and O–H groups in total. The van der Waals surface area contributed by atoms with Gasteiger partial charge in [0.25, 0.3) is 0 Å². The molecule has 2 rings (SSSR count). The quantitative estimate of drug-likeness (QED) is 0.551. The number of nitrogens with one attached hydrogen (secondary N) is 2. The number of hydrogen-bond donors (Lipinski definition) is 3. The van der Waals surface area contributed by atoms with Crippen molar-refractivity contribution in [3.05, 3.63) is 0 Å². The van der Waals surface area contributed by atoms with E-state index in [-0.39, 0.29) is 31.0 Å². The van der Waals surface area contributed by atoms with Crippen molar-refractivity contribution in [3.8, 4) is 0 Å². The predicted octanol–water partition coefficient (Wildman–Crippen LogP) is 0.726. The molecule has 0 spiro atoms. The second kappa shape index (κ2) is 3.36. The van der Waals surface area contributed by atoms with Crippen LogP contribution < -0.4 is 16.6 Å². The van der Waals surface area contributed by atoms with Crippen LogP contribution in [0.15, 0.2) is 0 Å². The first kappa shape index (κ1) is 10.2. The highest BCUT2D eigenvalue weighted by molar-refractivity contribution is 4.94. The Morgan fingerprint density at radius 3 is 2.50 bits per heavy atom. The first-order valence-corrected chi connectivity index (χ1v) is 4.82. The smallest absolute Gasteiger partial charge is 0.315 e. The van der Waals surface area contributed by atoms with Crippen molar-refractivity contribution in [1.29, 1.82) is 0 Å². The van der Waals surface area contributed by atoms with Gasteiger partial charge in [-0.2, -0.15) is 13.2 Å². The number of fused-ring (bicyclic) bond motifs is 1. The van der Waals surface area contributed by atoms with E-state index in [1.807, 2.05) is 0 Å². The molecular formula is C8H14F3N3. The van der Waals surface area contributed by atoms with Gasteiger partial charge in [0.2, 0.25) is 0 Å². The lowest BCUT2D eigenvalue weighted by Gasteiger charge is -2.32. The van der Waals surface area contributed by atoms with Crippen molar-refractivity contribution in [1.82, 2.24) is 10.9 Å². The van der Waals surface area contributed by atoms with Crippen molar-refractivity contribution in [2.75, 3.05) is 0 Å². The summed E-state index contributed by atoms with van der Waals surface area (Å²) >= 11 is 0. The van der Waals surface area contributed by atoms with E-state index in [1.54, 1.807) is 0 Å². The van der Waals surface area contributed by atoms with Gasteiger partial charge in [-0.15, -0.1) is 0 Å². The summed E-state index contributed by atoms with van der Waals surface area (Å²) in [4.78, 5) is 0. The lowest BCUT2D eigenvalue weighted by atomic mass is 9.78. The number of hydrazine groups is 1. The Morgan fingerprint density at radius 1 is 1.14 bits per heavy atom. The van der Waals surface area contributed by atoms with Crippen LogP contribution in [0.25, 0.3) is 0 Å². The Kier molecular flexibility index (Phi) is 2.45. The van der Waals surface area contributed by atoms with E-state index in [0.717, 1.165) is 0 Å². The van der Waals surface area contributed by atoms with Crippen LogP contribution >= 0.6 is 0 Å². The molecule has 14 heavy (non-hydrogen) atoms. The molecule has 1 aliphatic heterocycles. The summed E-state index contributed by atoms with van der Waals surface area (Å²) in [6.07, 6.45) is -3.35. The highest BCUT2D eigenvalue weighted by atomic mass is 19.4. The van der Waals surface area contributed by atoms with Crippen molar-refractivity contribution in [3.63, 3.8) is 0 Å². The molecule has 1 heterocycles. The monoisotopic (exact) mass is 209 g/mol. The van der Waals surface area contributed by atoms with Gasteiger partial charge in [0.05, 0.1) is 12.1 Å². The number of halogens is 3. The van der Waals surface area contributed by atoms with Gasteiger partial charge in [-0.3, -0.25) is 5.43 Å². The summed E-state index contributed by atoms with van der Waals surface area (Å²) in [5.41, 5.74) is 11.3. The second-order valence-corrected chi connectivity index (χ2v) is 4.14. The minimum absolute atomic E-state index is 0.120. The molecule has 2 fully saturated rings. The fourth-order valence-electron chi connectivity index (χ4n) is 2.40. The predicted molar refractivity (Wildman–Crippen MR) is 44.9 cm³/mol. The van der Waals surface area contributed by atoms with Crippen molar-refractivity contribution < 1.29 is 13.2 Å². The van der Waals surface area contributed by atoms with Crippen LogP contribution in [0.2, 0.25) is 0 Å². The van der Waals surface area contributed by atoms with Gasteiger partial charge in [0.15, 0.2) is 0 Å². The van der Waals surface area contributed by atoms with Gasteiger partial charge in [0, 0.05) is 12.0 Å². The van der Waals surface area contributed by atoms with Gasteiger partial charge in [0.1, 0.15) is 0 Å². The van der Waals surface area contributed by atoms with Crippen molar-refractivity contribution in [2.24, 2.45) is 17.6 Å². The van der Waals surface area contributed by atoms with Crippen molar-refractivity contribution >= 4 is 0 Å². The number of hydrogen-bond acceptors (Lipinski definition) is 3. The van der Waals surface area contributed by atoms with E-state index >= 15 is 0 Å². The molecule has 1 saturated carbocycles. The van der Waals surface area contributed by atoms with E-state index in [0.29, 0.717) is 6.42 Å². The number of rotatable bonds is 0. The molecule has 0 aromatic carbocycles. The highest BCUT2D eigenvalue weighted by Crippen LogP contribution is 2.40. The molecule has 1 aliphatic carbocycles. The van der Waals surface area contributed by atoms with Crippen LogP contribution in [0.3, 0.4) is 0 Å². The molecule has 4 atom stereocenters. The summed E-state index contributed by atoms with van der Waals surface area (Å²) in [5, 5.41) is 0. The van der Waals surface area contributed by atoms with E-state index in [1.165, 1.54) is 0 Å². The first-order valence-electron chi connectivity index (χ1n) is 4.82. The molecular weight excluding hydrogens is 195 g/mol. The molecule has 4 unspecified atom stereocenters. The fourth-order valence-corrected chi connectivity index (χ4v) is 2.40. The Bertz CT molecular complexity index is 218. The molecule has 1 saturated heterocycles. The lowest BCUT2D eigenvalue weighted by Crippen LogP contribution is -2.41. The molecule has 0 radical (unpaired) electrons. The molecule has 2 aliphatic rings. The summed E-state index contributed by atoms with van der Waals surface area (Å²) in [6, 6.07) is -0.120. The number of nitrogens with two attached hydrogens (primary N) is 1. The number of alkyl halides is 3. The van der Waals surface area contributed by atoms with Gasteiger partial charge in [-0.25, -0.2) is 5.43 Å². The first-order chi connectivity index (χ1) is 6.48. The third-order valence-corrected chi connectivity index (χ3v) is 3.26. The summed E-state index contributed by atoms with van der Waals surface area (Å²) in [7, 11) is 0. The Morgan fingerprint density at radius 2 is 1.86 bits per heavy atom. The highest BCUT2D eigenvalue weighted by Gasteiger charge is 2.47. The average Bonchev–Trinajstić information content (AvgIpc) is 2.46. The maximum atomic E-state index is 12.4. The molecule has 82 valence electrons. The van der Waals surface area contributed by atoms with Crippen molar-refractivity contribution in [2.45, 2.75) is 37.6 Å². The van der Waals surface area contributed by atoms with Crippen LogP contribution in [0, 0.1) is 11.8 Å². The minimum Gasteiger partial charge on any atom is -0.315 e. The SMILES string of the molecule is NC1NNC2CC(C(F)(F)F)CCC12. The fraction of sp³-hybridized carbons (Fsp3) is 1.00. The van der Waals surface area contributed by atoms with Crippen LogP contribution in [0.4, 0.5) is 13.2 Å². The maximum absolute atomic E-state index is 12.4. The largest absolute Gasteiger partial charge is 0.391 e. The molecule has 0 bridgehead atoms. The zero-order valence-electron chi connectivity index (χ0n) is 7.64. The van der Waals surface area contributed by atoms with Gasteiger partial charge in [-0.1, -0.05) is 0 Å². The molecule has 6 heteroatoms. The van der Waals surface area contributed by atoms with Crippen LogP contribution in [-0.2, 0) is 0 Å². The zero-order valence-corrected chi connectivity index (χ0v) is 7.64. The standard InChI is InChI=1S/C8H14F3N3/c9-8(10,11)4-1-2-5-6(3-4)13-14-7(5)12/h4-7,13-14H,1-3,12H2. The topological polar surface area (TPSA) is 50.1 Å². The van der Waals surface area contributed by atoms with E-state index in [2.05, 4.69) is 10.9 Å². The lowest BCUT2D eigenvalue weighted by molar-refractivity contribution is -0.185. The third-order valence-electron chi connectivity index (χ3n) is 3.26. The summed E-state index contributed by atoms with van der Waals surface area (Å²) in [6.45, 7) is 0. The molecule has 0 aromatic heterocycles. The average molecular weight is 209 g/mol. The normalized spacial score (nSPS) is 43.7. The van der Waals surface area contributed by atoms with Gasteiger partial charge < -0.3 is 5.73 Å². The van der Waals surface area contributed by atoms with E-state index < -0.39 is 12.1 Å². The minimum atomic E-state index is -4.06. The van der Waals surface area contributed by atoms with Crippen LogP contribution in [0.5, 0.6) is 0 Å². The van der Waals surface area contributed by atoms with Crippen LogP contribution in [-0.4, -0.2) is 18.4 Å². The second-order valence-electron chi connectivity index (χ2n) is 4.14. The Labute approximate surface area is 80.2 Å².